The third-order valence-corrected chi connectivity index (χ3v) is 8.01. The highest BCUT2D eigenvalue weighted by molar-refractivity contribution is 9.10. The number of hydrogen-bond acceptors (Lipinski definition) is 4. The Morgan fingerprint density at radius 2 is 1.79 bits per heavy atom. The third-order valence-electron chi connectivity index (χ3n) is 6.39. The van der Waals surface area contributed by atoms with Gasteiger partial charge in [0.1, 0.15) is 12.4 Å². The molecule has 0 unspecified atom stereocenters. The average Bonchev–Trinajstić information content (AvgIpc) is 3.26. The first kappa shape index (κ1) is 26.1. The zero-order chi connectivity index (χ0) is 26.5. The predicted molar refractivity (Wildman–Crippen MR) is 163 cm³/mol. The Balaban J connectivity index is 1.31. The molecule has 1 fully saturated rings. The molecule has 1 heterocycles. The molecule has 1 amide bonds. The molecule has 1 atom stereocenters. The lowest BCUT2D eigenvalue weighted by atomic mass is 10.1. The number of allylic oxidation sites excluding steroid dienone is 1. The average molecular weight is 586 g/mol. The summed E-state index contributed by atoms with van der Waals surface area (Å²) in [6, 6.07) is 27.0. The van der Waals surface area contributed by atoms with Crippen molar-refractivity contribution in [3.8, 4) is 5.75 Å². The normalized spacial score (nSPS) is 16.0. The molecule has 1 aliphatic heterocycles. The first-order valence-electron chi connectivity index (χ1n) is 12.6. The van der Waals surface area contributed by atoms with Crippen molar-refractivity contribution in [3.05, 3.63) is 123 Å². The van der Waals surface area contributed by atoms with Crippen molar-refractivity contribution in [1.29, 1.82) is 0 Å². The van der Waals surface area contributed by atoms with Gasteiger partial charge in [0.05, 0.1) is 9.38 Å². The fraction of sp³-hybridized carbons (Fsp3) is 0.156. The summed E-state index contributed by atoms with van der Waals surface area (Å²) >= 11 is 5.18. The number of halogens is 1. The van der Waals surface area contributed by atoms with E-state index in [1.54, 1.807) is 0 Å². The van der Waals surface area contributed by atoms with Crippen LogP contribution >= 0.6 is 27.7 Å². The van der Waals surface area contributed by atoms with Crippen molar-refractivity contribution >= 4 is 56.1 Å². The van der Waals surface area contributed by atoms with Crippen LogP contribution in [0.5, 0.6) is 5.75 Å². The Bertz CT molecular complexity index is 1510. The van der Waals surface area contributed by atoms with Gasteiger partial charge >= 0.3 is 0 Å². The lowest BCUT2D eigenvalue weighted by Crippen LogP contribution is -2.30. The van der Waals surface area contributed by atoms with Crippen molar-refractivity contribution in [2.24, 2.45) is 0 Å². The molecule has 4 nitrogen and oxygen atoms in total. The maximum Gasteiger partial charge on any atom is 0.260 e. The Morgan fingerprint density at radius 1 is 1.03 bits per heavy atom. The summed E-state index contributed by atoms with van der Waals surface area (Å²) in [6.45, 7) is 6.51. The van der Waals surface area contributed by atoms with Crippen LogP contribution in [0.4, 0.5) is 5.69 Å². The van der Waals surface area contributed by atoms with Crippen LogP contribution in [0.1, 0.15) is 29.2 Å². The van der Waals surface area contributed by atoms with E-state index in [9.17, 15) is 4.79 Å². The molecule has 0 aromatic heterocycles. The van der Waals surface area contributed by atoms with Gasteiger partial charge in [-0.05, 0) is 98.2 Å². The van der Waals surface area contributed by atoms with Gasteiger partial charge in [0.15, 0.2) is 5.50 Å². The van der Waals surface area contributed by atoms with Crippen molar-refractivity contribution in [1.82, 2.24) is 5.32 Å². The van der Waals surface area contributed by atoms with E-state index in [-0.39, 0.29) is 11.4 Å². The largest absolute Gasteiger partial charge is 0.487 e. The lowest BCUT2D eigenvalue weighted by Gasteiger charge is -2.15. The van der Waals surface area contributed by atoms with E-state index in [1.807, 2.05) is 42.5 Å². The number of amides is 1. The summed E-state index contributed by atoms with van der Waals surface area (Å²) < 4.78 is 7.14. The standard InChI is InChI=1S/C32H29BrN2O2S/c1-3-7-26-17-23(19-29-31(36)35-32(38-29)34-27-14-11-21(4-2)12-15-27)18-28(33)30(26)37-20-22-10-13-24-8-5-6-9-25(24)16-22/h3,5-6,8-19,32,34H,1,4,7,20H2,2H3,(H,35,36)/b29-19-/t32-/m1/s1. The summed E-state index contributed by atoms with van der Waals surface area (Å²) in [5, 5.41) is 8.80. The van der Waals surface area contributed by atoms with E-state index in [4.69, 9.17) is 4.74 Å². The third kappa shape index (κ3) is 6.14. The molecule has 1 aliphatic rings. The number of thioether (sulfide) groups is 1. The smallest absolute Gasteiger partial charge is 0.260 e. The summed E-state index contributed by atoms with van der Waals surface area (Å²) in [6.07, 6.45) is 5.44. The van der Waals surface area contributed by atoms with Crippen molar-refractivity contribution < 1.29 is 9.53 Å². The van der Waals surface area contributed by atoms with E-state index in [1.165, 1.54) is 28.1 Å². The van der Waals surface area contributed by atoms with Gasteiger partial charge in [0, 0.05) is 5.69 Å². The number of ether oxygens (including phenoxy) is 1. The van der Waals surface area contributed by atoms with Crippen LogP contribution in [0.3, 0.4) is 0 Å². The van der Waals surface area contributed by atoms with Gasteiger partial charge in [-0.15, -0.1) is 6.58 Å². The molecular formula is C32H29BrN2O2S. The highest BCUT2D eigenvalue weighted by Gasteiger charge is 2.27. The maximum atomic E-state index is 12.7. The lowest BCUT2D eigenvalue weighted by molar-refractivity contribution is -0.116. The number of nitrogens with one attached hydrogen (secondary N) is 2. The number of hydrogen-bond donors (Lipinski definition) is 2. The summed E-state index contributed by atoms with van der Waals surface area (Å²) in [5.74, 6) is 0.703. The second-order valence-corrected chi connectivity index (χ2v) is 11.1. The summed E-state index contributed by atoms with van der Waals surface area (Å²) in [7, 11) is 0. The van der Waals surface area contributed by atoms with Gasteiger partial charge < -0.3 is 15.4 Å². The highest BCUT2D eigenvalue weighted by Crippen LogP contribution is 2.35. The van der Waals surface area contributed by atoms with Crippen LogP contribution in [0.25, 0.3) is 16.8 Å². The molecular weight excluding hydrogens is 556 g/mol. The molecule has 4 aromatic carbocycles. The van der Waals surface area contributed by atoms with E-state index < -0.39 is 0 Å². The predicted octanol–water partition coefficient (Wildman–Crippen LogP) is 8.07. The Morgan fingerprint density at radius 3 is 2.55 bits per heavy atom. The molecule has 4 aromatic rings. The zero-order valence-corrected chi connectivity index (χ0v) is 23.6. The van der Waals surface area contributed by atoms with Gasteiger partial charge in [-0.3, -0.25) is 4.79 Å². The number of benzene rings is 4. The van der Waals surface area contributed by atoms with Crippen LogP contribution in [0, 0.1) is 0 Å². The number of carbonyl (C=O) groups is 1. The van der Waals surface area contributed by atoms with E-state index in [0.717, 1.165) is 39.0 Å². The van der Waals surface area contributed by atoms with Crippen molar-refractivity contribution in [2.45, 2.75) is 31.9 Å². The maximum absolute atomic E-state index is 12.7. The number of carbonyl (C=O) groups excluding carboxylic acids is 1. The van der Waals surface area contributed by atoms with Crippen LogP contribution in [0.15, 0.2) is 101 Å². The minimum atomic E-state index is -0.220. The van der Waals surface area contributed by atoms with Gasteiger partial charge in [-0.25, -0.2) is 0 Å². The molecule has 0 spiro atoms. The van der Waals surface area contributed by atoms with Crippen molar-refractivity contribution in [2.75, 3.05) is 5.32 Å². The first-order valence-corrected chi connectivity index (χ1v) is 14.3. The fourth-order valence-electron chi connectivity index (χ4n) is 4.41. The number of fused-ring (bicyclic) bond motifs is 1. The number of rotatable bonds is 9. The van der Waals surface area contributed by atoms with Crippen LogP contribution < -0.4 is 15.4 Å². The Hall–Kier alpha value is -3.48. The van der Waals surface area contributed by atoms with Crippen LogP contribution in [-0.2, 0) is 24.2 Å². The Labute approximate surface area is 236 Å². The zero-order valence-electron chi connectivity index (χ0n) is 21.2. The Kier molecular flexibility index (Phi) is 8.20. The quantitative estimate of drug-likeness (QED) is 0.154. The molecule has 38 heavy (non-hydrogen) atoms. The SMILES string of the molecule is C=CCc1cc(/C=C2\S[C@H](Nc3ccc(CC)cc3)NC2=O)cc(Br)c1OCc1ccc2ccccc2c1. The molecule has 6 heteroatoms. The topological polar surface area (TPSA) is 50.4 Å². The summed E-state index contributed by atoms with van der Waals surface area (Å²) in [4.78, 5) is 13.4. The van der Waals surface area contributed by atoms with Gasteiger partial charge in [-0.1, -0.05) is 73.3 Å². The molecule has 192 valence electrons. The molecule has 0 radical (unpaired) electrons. The molecule has 1 saturated heterocycles. The molecule has 2 N–H and O–H groups in total. The van der Waals surface area contributed by atoms with E-state index >= 15 is 0 Å². The second kappa shape index (κ2) is 11.9. The molecule has 0 aliphatic carbocycles. The number of aryl methyl sites for hydroxylation is 1. The molecule has 5 rings (SSSR count). The van der Waals surface area contributed by atoms with Gasteiger partial charge in [0.25, 0.3) is 5.91 Å². The van der Waals surface area contributed by atoms with E-state index in [2.05, 4.69) is 88.6 Å². The minimum absolute atomic E-state index is 0.0873. The summed E-state index contributed by atoms with van der Waals surface area (Å²) in [5.41, 5.74) is 5.08. The second-order valence-electron chi connectivity index (χ2n) is 9.13. The van der Waals surface area contributed by atoms with E-state index in [0.29, 0.717) is 17.9 Å². The van der Waals surface area contributed by atoms with Crippen molar-refractivity contribution in [3.63, 3.8) is 0 Å². The van der Waals surface area contributed by atoms with Crippen LogP contribution in [0.2, 0.25) is 0 Å². The molecule has 0 saturated carbocycles. The fourth-order valence-corrected chi connectivity index (χ4v) is 6.03. The van der Waals surface area contributed by atoms with Gasteiger partial charge in [-0.2, -0.15) is 0 Å². The minimum Gasteiger partial charge on any atom is -0.487 e. The van der Waals surface area contributed by atoms with Crippen LogP contribution in [-0.4, -0.2) is 11.4 Å². The first-order chi connectivity index (χ1) is 18.5. The monoisotopic (exact) mass is 584 g/mol. The number of anilines is 1. The van der Waals surface area contributed by atoms with Gasteiger partial charge in [0.2, 0.25) is 0 Å². The molecule has 0 bridgehead atoms. The highest BCUT2D eigenvalue weighted by atomic mass is 79.9.